The van der Waals surface area contributed by atoms with E-state index in [2.05, 4.69) is 26.1 Å². The molecule has 1 aromatic carbocycles. The summed E-state index contributed by atoms with van der Waals surface area (Å²) in [5, 5.41) is 10.1. The maximum absolute atomic E-state index is 12.9. The number of benzene rings is 1. The number of aromatic nitrogens is 3. The molecule has 0 aliphatic carbocycles. The molecule has 1 aliphatic rings. The Hall–Kier alpha value is -1.93. The van der Waals surface area contributed by atoms with Crippen LogP contribution in [0.15, 0.2) is 45.1 Å². The normalized spacial score (nSPS) is 13.7. The third-order valence-corrected chi connectivity index (χ3v) is 5.49. The molecular formula is C18H19BrN4O2S. The highest BCUT2D eigenvalue weighted by atomic mass is 79.9. The summed E-state index contributed by atoms with van der Waals surface area (Å²) in [6.07, 6.45) is 3.76. The lowest BCUT2D eigenvalue weighted by atomic mass is 10.1. The molecule has 1 aliphatic heterocycles. The van der Waals surface area contributed by atoms with Crippen LogP contribution in [0.1, 0.15) is 45.1 Å². The van der Waals surface area contributed by atoms with Gasteiger partial charge in [0.15, 0.2) is 5.78 Å². The number of hydrogen-bond acceptors (Lipinski definition) is 5. The minimum atomic E-state index is -0.0893. The Labute approximate surface area is 164 Å². The van der Waals surface area contributed by atoms with Gasteiger partial charge in [-0.05, 0) is 36.7 Å². The Kier molecular flexibility index (Phi) is 5.93. The summed E-state index contributed by atoms with van der Waals surface area (Å²) in [7, 11) is 0. The number of allylic oxidation sites excluding steroid dienone is 1. The zero-order valence-corrected chi connectivity index (χ0v) is 17.0. The minimum absolute atomic E-state index is 0.0129. The van der Waals surface area contributed by atoms with Crippen LogP contribution in [0, 0.1) is 0 Å². The van der Waals surface area contributed by atoms with E-state index in [0.717, 1.165) is 16.5 Å². The maximum Gasteiger partial charge on any atom is 0.246 e. The van der Waals surface area contributed by atoms with E-state index in [1.54, 1.807) is 9.69 Å². The van der Waals surface area contributed by atoms with Crippen molar-refractivity contribution in [2.24, 2.45) is 0 Å². The Morgan fingerprint density at radius 3 is 2.46 bits per heavy atom. The average Bonchev–Trinajstić information content (AvgIpc) is 3.09. The molecule has 1 amide bonds. The summed E-state index contributed by atoms with van der Waals surface area (Å²) in [4.78, 5) is 26.3. The quantitative estimate of drug-likeness (QED) is 0.682. The molecule has 0 saturated carbocycles. The van der Waals surface area contributed by atoms with Gasteiger partial charge in [0.05, 0.1) is 10.6 Å². The number of carbonyl (C=O) groups is 2. The first-order valence-electron chi connectivity index (χ1n) is 8.51. The lowest BCUT2D eigenvalue weighted by molar-refractivity contribution is -0.119. The number of amides is 1. The van der Waals surface area contributed by atoms with E-state index in [-0.39, 0.29) is 11.7 Å². The zero-order valence-electron chi connectivity index (χ0n) is 14.6. The Morgan fingerprint density at radius 2 is 1.81 bits per heavy atom. The Balaban J connectivity index is 2.20. The Morgan fingerprint density at radius 1 is 1.12 bits per heavy atom. The van der Waals surface area contributed by atoms with Gasteiger partial charge in [0.25, 0.3) is 0 Å². The van der Waals surface area contributed by atoms with Crippen molar-refractivity contribution in [2.75, 3.05) is 5.01 Å². The van der Waals surface area contributed by atoms with Crippen LogP contribution in [-0.2, 0) is 9.59 Å². The van der Waals surface area contributed by atoms with Crippen LogP contribution in [0.5, 0.6) is 0 Å². The number of hydrogen-bond donors (Lipinski definition) is 0. The molecule has 2 heterocycles. The fourth-order valence-electron chi connectivity index (χ4n) is 2.72. The second-order valence-corrected chi connectivity index (χ2v) is 7.77. The van der Waals surface area contributed by atoms with Crippen molar-refractivity contribution in [1.29, 1.82) is 0 Å². The largest absolute Gasteiger partial charge is 0.294 e. The van der Waals surface area contributed by atoms with Gasteiger partial charge in [-0.25, -0.2) is 9.69 Å². The van der Waals surface area contributed by atoms with E-state index in [9.17, 15) is 9.59 Å². The molecule has 8 heteroatoms. The van der Waals surface area contributed by atoms with Crippen LogP contribution < -0.4 is 5.01 Å². The van der Waals surface area contributed by atoms with Crippen molar-refractivity contribution in [1.82, 2.24) is 14.9 Å². The van der Waals surface area contributed by atoms with Crippen LogP contribution in [0.25, 0.3) is 5.70 Å². The number of thioether (sulfide) groups is 1. The predicted molar refractivity (Wildman–Crippen MR) is 105 cm³/mol. The number of Topliss-reactive ketones (excluding diaryl/α,β-unsaturated/α-hetero) is 1. The highest BCUT2D eigenvalue weighted by Gasteiger charge is 2.34. The minimum Gasteiger partial charge on any atom is -0.294 e. The van der Waals surface area contributed by atoms with Gasteiger partial charge in [-0.1, -0.05) is 41.9 Å². The van der Waals surface area contributed by atoms with Gasteiger partial charge in [-0.15, -0.1) is 10.2 Å². The van der Waals surface area contributed by atoms with Crippen LogP contribution in [0.4, 0.5) is 0 Å². The van der Waals surface area contributed by atoms with E-state index >= 15 is 0 Å². The molecule has 6 nitrogen and oxygen atoms in total. The standard InChI is InChI=1S/C18H19BrN4O2S/c1-3-5-14(24)17-16(12-7-9-13(19)10-8-12)23(15(25)6-4-2)22-11-20-21-18(22)26-17/h7-11H,3-6H2,1-2H3. The van der Waals surface area contributed by atoms with Crippen molar-refractivity contribution in [3.63, 3.8) is 0 Å². The fourth-order valence-corrected chi connectivity index (χ4v) is 4.00. The highest BCUT2D eigenvalue weighted by molar-refractivity contribution is 9.10. The fraction of sp³-hybridized carbons (Fsp3) is 0.333. The van der Waals surface area contributed by atoms with Gasteiger partial charge in [-0.3, -0.25) is 9.59 Å². The number of fused-ring (bicyclic) bond motifs is 1. The molecule has 0 radical (unpaired) electrons. The van der Waals surface area contributed by atoms with Gasteiger partial charge >= 0.3 is 0 Å². The first-order chi connectivity index (χ1) is 12.6. The van der Waals surface area contributed by atoms with Crippen molar-refractivity contribution in [2.45, 2.75) is 44.7 Å². The van der Waals surface area contributed by atoms with E-state index < -0.39 is 0 Å². The molecule has 0 bridgehead atoms. The average molecular weight is 435 g/mol. The number of ketones is 1. The number of rotatable bonds is 6. The summed E-state index contributed by atoms with van der Waals surface area (Å²) in [6.45, 7) is 3.92. The summed E-state index contributed by atoms with van der Waals surface area (Å²) in [5.41, 5.74) is 1.41. The predicted octanol–water partition coefficient (Wildman–Crippen LogP) is 4.15. The molecule has 136 valence electrons. The second kappa shape index (κ2) is 8.18. The lowest BCUT2D eigenvalue weighted by Crippen LogP contribution is -2.41. The highest BCUT2D eigenvalue weighted by Crippen LogP contribution is 2.40. The molecule has 26 heavy (non-hydrogen) atoms. The summed E-state index contributed by atoms with van der Waals surface area (Å²) >= 11 is 4.70. The van der Waals surface area contributed by atoms with Crippen LogP contribution in [0.3, 0.4) is 0 Å². The SMILES string of the molecule is CCCC(=O)C1=C(c2ccc(Br)cc2)N(C(=O)CCC)n2cnnc2S1. The molecule has 1 aromatic heterocycles. The molecule has 2 aromatic rings. The number of carbonyl (C=O) groups excluding carboxylic acids is 2. The third-order valence-electron chi connectivity index (χ3n) is 3.88. The lowest BCUT2D eigenvalue weighted by Gasteiger charge is -2.32. The van der Waals surface area contributed by atoms with Crippen LogP contribution >= 0.6 is 27.7 Å². The summed E-state index contributed by atoms with van der Waals surface area (Å²) in [6, 6.07) is 7.61. The summed E-state index contributed by atoms with van der Waals surface area (Å²) in [5.74, 6) is -0.0764. The molecule has 0 spiro atoms. The molecule has 0 atom stereocenters. The molecule has 3 rings (SSSR count). The van der Waals surface area contributed by atoms with Gasteiger partial charge in [-0.2, -0.15) is 0 Å². The zero-order chi connectivity index (χ0) is 18.7. The van der Waals surface area contributed by atoms with E-state index in [1.165, 1.54) is 18.1 Å². The van der Waals surface area contributed by atoms with Gasteiger partial charge < -0.3 is 0 Å². The van der Waals surface area contributed by atoms with Crippen molar-refractivity contribution in [3.8, 4) is 0 Å². The summed E-state index contributed by atoms with van der Waals surface area (Å²) < 4.78 is 2.56. The molecular weight excluding hydrogens is 416 g/mol. The van der Waals surface area contributed by atoms with Crippen molar-refractivity contribution < 1.29 is 9.59 Å². The first kappa shape index (κ1) is 18.8. The number of halogens is 1. The Bertz CT molecular complexity index is 860. The molecule has 0 N–H and O–H groups in total. The van der Waals surface area contributed by atoms with Gasteiger partial charge in [0.1, 0.15) is 6.33 Å². The van der Waals surface area contributed by atoms with Gasteiger partial charge in [0.2, 0.25) is 11.1 Å². The number of nitrogens with zero attached hydrogens (tertiary/aromatic N) is 4. The van der Waals surface area contributed by atoms with Crippen LogP contribution in [0.2, 0.25) is 0 Å². The maximum atomic E-state index is 12.9. The first-order valence-corrected chi connectivity index (χ1v) is 10.1. The van der Waals surface area contributed by atoms with E-state index in [0.29, 0.717) is 35.0 Å². The molecule has 0 unspecified atom stereocenters. The monoisotopic (exact) mass is 434 g/mol. The second-order valence-electron chi connectivity index (χ2n) is 5.87. The van der Waals surface area contributed by atoms with E-state index in [1.807, 2.05) is 38.1 Å². The van der Waals surface area contributed by atoms with Crippen LogP contribution in [-0.4, -0.2) is 26.6 Å². The molecule has 0 fully saturated rings. The van der Waals surface area contributed by atoms with E-state index in [4.69, 9.17) is 0 Å². The topological polar surface area (TPSA) is 68.1 Å². The van der Waals surface area contributed by atoms with Crippen molar-refractivity contribution >= 4 is 45.1 Å². The molecule has 0 saturated heterocycles. The van der Waals surface area contributed by atoms with Crippen molar-refractivity contribution in [3.05, 3.63) is 45.5 Å². The smallest absolute Gasteiger partial charge is 0.246 e. The van der Waals surface area contributed by atoms with Gasteiger partial charge in [0, 0.05) is 22.9 Å². The third kappa shape index (κ3) is 3.61.